The normalized spacial score (nSPS) is 26.6. The molecule has 2 fully saturated rings. The number of piperazine rings is 1. The van der Waals surface area contributed by atoms with Gasteiger partial charge in [-0.3, -0.25) is 4.90 Å². The first kappa shape index (κ1) is 16.2. The van der Waals surface area contributed by atoms with E-state index in [2.05, 4.69) is 33.8 Å². The molecule has 3 heterocycles. The van der Waals surface area contributed by atoms with Gasteiger partial charge in [-0.25, -0.2) is 4.79 Å². The molecule has 1 aromatic heterocycles. The van der Waals surface area contributed by atoms with E-state index in [1.54, 1.807) is 0 Å². The number of aryl methyl sites for hydroxylation is 1. The van der Waals surface area contributed by atoms with E-state index in [0.717, 1.165) is 39.0 Å². The number of urea groups is 1. The maximum atomic E-state index is 12.8. The highest BCUT2D eigenvalue weighted by Gasteiger charge is 2.33. The molecule has 0 spiro atoms. The van der Waals surface area contributed by atoms with E-state index >= 15 is 0 Å². The smallest absolute Gasteiger partial charge is 0.320 e. The van der Waals surface area contributed by atoms with Crippen LogP contribution in [0.4, 0.5) is 4.79 Å². The van der Waals surface area contributed by atoms with Crippen LogP contribution in [-0.2, 0) is 6.54 Å². The van der Waals surface area contributed by atoms with Gasteiger partial charge in [0.15, 0.2) is 5.82 Å². The molecule has 2 aliphatic heterocycles. The average Bonchev–Trinajstić information content (AvgIpc) is 2.93. The van der Waals surface area contributed by atoms with Gasteiger partial charge in [0.05, 0.1) is 6.54 Å². The molecule has 2 aliphatic rings. The lowest BCUT2D eigenvalue weighted by Crippen LogP contribution is -2.57. The second-order valence-corrected chi connectivity index (χ2v) is 6.82. The first-order valence-electron chi connectivity index (χ1n) is 8.63. The molecular weight excluding hydrogens is 294 g/mol. The van der Waals surface area contributed by atoms with Gasteiger partial charge in [-0.05, 0) is 40.0 Å². The number of hydrogen-bond acceptors (Lipinski definition) is 5. The van der Waals surface area contributed by atoms with Crippen molar-refractivity contribution >= 4 is 6.03 Å². The maximum Gasteiger partial charge on any atom is 0.320 e. The molecule has 0 aliphatic carbocycles. The summed E-state index contributed by atoms with van der Waals surface area (Å²) in [7, 11) is 0. The third-order valence-corrected chi connectivity index (χ3v) is 4.99. The molecule has 2 saturated heterocycles. The Kier molecular flexibility index (Phi) is 4.84. The van der Waals surface area contributed by atoms with Gasteiger partial charge >= 0.3 is 6.03 Å². The molecule has 2 atom stereocenters. The van der Waals surface area contributed by atoms with Gasteiger partial charge in [-0.1, -0.05) is 5.16 Å². The summed E-state index contributed by atoms with van der Waals surface area (Å²) in [6.45, 7) is 10.1. The summed E-state index contributed by atoms with van der Waals surface area (Å²) in [6.07, 6.45) is 3.46. The third kappa shape index (κ3) is 3.65. The Morgan fingerprint density at radius 1 is 1.17 bits per heavy atom. The quantitative estimate of drug-likeness (QED) is 0.832. The Morgan fingerprint density at radius 2 is 1.83 bits per heavy atom. The van der Waals surface area contributed by atoms with E-state index in [9.17, 15) is 4.79 Å². The van der Waals surface area contributed by atoms with Crippen LogP contribution in [0, 0.1) is 6.92 Å². The lowest BCUT2D eigenvalue weighted by atomic mass is 9.98. The van der Waals surface area contributed by atoms with Crippen molar-refractivity contribution in [1.82, 2.24) is 24.8 Å². The van der Waals surface area contributed by atoms with Crippen LogP contribution in [0.3, 0.4) is 0 Å². The van der Waals surface area contributed by atoms with Gasteiger partial charge in [-0.15, -0.1) is 0 Å². The number of amides is 2. The summed E-state index contributed by atoms with van der Waals surface area (Å²) in [6, 6.07) is 0.911. The summed E-state index contributed by atoms with van der Waals surface area (Å²) in [5.74, 6) is 1.32. The molecule has 0 unspecified atom stereocenters. The van der Waals surface area contributed by atoms with E-state index in [1.807, 2.05) is 11.8 Å². The van der Waals surface area contributed by atoms with Crippen LogP contribution in [0.25, 0.3) is 0 Å². The summed E-state index contributed by atoms with van der Waals surface area (Å²) >= 11 is 0. The molecule has 3 rings (SSSR count). The average molecular weight is 321 g/mol. The molecule has 7 heteroatoms. The number of rotatable bonds is 2. The lowest BCUT2D eigenvalue weighted by molar-refractivity contribution is 0.0694. The topological polar surface area (TPSA) is 65.7 Å². The van der Waals surface area contributed by atoms with E-state index in [4.69, 9.17) is 4.52 Å². The monoisotopic (exact) mass is 321 g/mol. The summed E-state index contributed by atoms with van der Waals surface area (Å²) in [4.78, 5) is 23.4. The van der Waals surface area contributed by atoms with Crippen molar-refractivity contribution in [1.29, 1.82) is 0 Å². The molecule has 0 N–H and O–H groups in total. The standard InChI is InChI=1S/C16H27N5O2/c1-12-5-4-6-13(2)21(12)16(22)20-9-7-19(8-10-20)11-15-17-14(3)18-23-15/h12-13H,4-11H2,1-3H3/t12-,13+. The van der Waals surface area contributed by atoms with E-state index in [1.165, 1.54) is 6.42 Å². The number of piperidine rings is 1. The van der Waals surface area contributed by atoms with Crippen molar-refractivity contribution in [3.63, 3.8) is 0 Å². The molecule has 2 amide bonds. The fourth-order valence-electron chi connectivity index (χ4n) is 3.65. The van der Waals surface area contributed by atoms with Crippen molar-refractivity contribution in [3.8, 4) is 0 Å². The van der Waals surface area contributed by atoms with Crippen LogP contribution in [0.5, 0.6) is 0 Å². The van der Waals surface area contributed by atoms with Crippen molar-refractivity contribution in [2.75, 3.05) is 26.2 Å². The number of carbonyl (C=O) groups excluding carboxylic acids is 1. The summed E-state index contributed by atoms with van der Waals surface area (Å²) < 4.78 is 5.17. The molecule has 7 nitrogen and oxygen atoms in total. The van der Waals surface area contributed by atoms with Crippen LogP contribution in [0.1, 0.15) is 44.8 Å². The minimum absolute atomic E-state index is 0.206. The minimum Gasteiger partial charge on any atom is -0.338 e. The van der Waals surface area contributed by atoms with E-state index in [0.29, 0.717) is 30.3 Å². The summed E-state index contributed by atoms with van der Waals surface area (Å²) in [5, 5.41) is 3.82. The Morgan fingerprint density at radius 3 is 2.39 bits per heavy atom. The Bertz CT molecular complexity index is 528. The zero-order valence-electron chi connectivity index (χ0n) is 14.4. The fourth-order valence-corrected chi connectivity index (χ4v) is 3.65. The second kappa shape index (κ2) is 6.86. The molecule has 23 heavy (non-hydrogen) atoms. The first-order valence-corrected chi connectivity index (χ1v) is 8.63. The molecule has 0 aromatic carbocycles. The predicted molar refractivity (Wildman–Crippen MR) is 85.9 cm³/mol. The summed E-state index contributed by atoms with van der Waals surface area (Å²) in [5.41, 5.74) is 0. The molecule has 0 bridgehead atoms. The van der Waals surface area contributed by atoms with Crippen LogP contribution >= 0.6 is 0 Å². The number of hydrogen-bond donors (Lipinski definition) is 0. The highest BCUT2D eigenvalue weighted by Crippen LogP contribution is 2.24. The molecule has 0 radical (unpaired) electrons. The fraction of sp³-hybridized carbons (Fsp3) is 0.812. The zero-order chi connectivity index (χ0) is 16.4. The highest BCUT2D eigenvalue weighted by molar-refractivity contribution is 5.75. The van der Waals surface area contributed by atoms with Gasteiger partial charge in [0.25, 0.3) is 0 Å². The van der Waals surface area contributed by atoms with Crippen LogP contribution in [0.15, 0.2) is 4.52 Å². The third-order valence-electron chi connectivity index (χ3n) is 4.99. The molecule has 128 valence electrons. The predicted octanol–water partition coefficient (Wildman–Crippen LogP) is 1.88. The van der Waals surface area contributed by atoms with Crippen molar-refractivity contribution in [3.05, 3.63) is 11.7 Å². The SMILES string of the molecule is Cc1noc(CN2CCN(C(=O)N3[C@H](C)CCC[C@@H]3C)CC2)n1. The van der Waals surface area contributed by atoms with Crippen LogP contribution in [-0.4, -0.2) is 69.1 Å². The Labute approximate surface area is 137 Å². The minimum atomic E-state index is 0.206. The molecular formula is C16H27N5O2. The Balaban J connectivity index is 1.52. The highest BCUT2D eigenvalue weighted by atomic mass is 16.5. The maximum absolute atomic E-state index is 12.8. The van der Waals surface area contributed by atoms with Crippen LogP contribution < -0.4 is 0 Å². The molecule has 1 aromatic rings. The van der Waals surface area contributed by atoms with Gasteiger partial charge < -0.3 is 14.3 Å². The van der Waals surface area contributed by atoms with Crippen molar-refractivity contribution in [2.24, 2.45) is 0 Å². The number of aromatic nitrogens is 2. The lowest BCUT2D eigenvalue weighted by Gasteiger charge is -2.43. The number of carbonyl (C=O) groups is 1. The van der Waals surface area contributed by atoms with Gasteiger partial charge in [0.1, 0.15) is 0 Å². The second-order valence-electron chi connectivity index (χ2n) is 6.82. The van der Waals surface area contributed by atoms with Crippen molar-refractivity contribution < 1.29 is 9.32 Å². The van der Waals surface area contributed by atoms with Crippen LogP contribution in [0.2, 0.25) is 0 Å². The van der Waals surface area contributed by atoms with E-state index in [-0.39, 0.29) is 6.03 Å². The number of likely N-dealkylation sites (tertiary alicyclic amines) is 1. The van der Waals surface area contributed by atoms with Crippen molar-refractivity contribution in [2.45, 2.75) is 58.7 Å². The first-order chi connectivity index (χ1) is 11.0. The van der Waals surface area contributed by atoms with Gasteiger partial charge in [-0.2, -0.15) is 4.98 Å². The van der Waals surface area contributed by atoms with E-state index < -0.39 is 0 Å². The largest absolute Gasteiger partial charge is 0.338 e. The van der Waals surface area contributed by atoms with Gasteiger partial charge in [0.2, 0.25) is 5.89 Å². The number of nitrogens with zero attached hydrogens (tertiary/aromatic N) is 5. The zero-order valence-corrected chi connectivity index (χ0v) is 14.4. The Hall–Kier alpha value is -1.63. The molecule has 0 saturated carbocycles. The van der Waals surface area contributed by atoms with Gasteiger partial charge in [0, 0.05) is 38.3 Å².